The Kier molecular flexibility index (Phi) is 4.01. The highest BCUT2D eigenvalue weighted by molar-refractivity contribution is 6.00. The Bertz CT molecular complexity index is 559. The summed E-state index contributed by atoms with van der Waals surface area (Å²) in [6.45, 7) is 3.55. The Morgan fingerprint density at radius 2 is 2.52 bits per heavy atom. The highest BCUT2D eigenvalue weighted by Gasteiger charge is 2.31. The fourth-order valence-electron chi connectivity index (χ4n) is 2.65. The molecular weight excluding hydrogens is 274 g/mol. The van der Waals surface area contributed by atoms with Gasteiger partial charge in [-0.3, -0.25) is 15.1 Å². The first-order chi connectivity index (χ1) is 10.2. The molecule has 0 amide bonds. The third-order valence-corrected chi connectivity index (χ3v) is 3.68. The number of hydrogen-bond donors (Lipinski definition) is 0. The standard InChI is InChI=1S/C14H17N3O4/c18-17(19)13(8-12-2-1-6-21-12)14-15-4-5-16(14)9-11-3-7-20-10-11/h1-2,6,8,11H,3-5,7,9-10H2. The van der Waals surface area contributed by atoms with Crippen LogP contribution in [0.1, 0.15) is 12.2 Å². The van der Waals surface area contributed by atoms with Crippen molar-refractivity contribution in [2.45, 2.75) is 6.42 Å². The second-order valence-electron chi connectivity index (χ2n) is 5.18. The second-order valence-corrected chi connectivity index (χ2v) is 5.18. The van der Waals surface area contributed by atoms with E-state index in [-0.39, 0.29) is 5.70 Å². The number of rotatable bonds is 5. The fourth-order valence-corrected chi connectivity index (χ4v) is 2.65. The molecule has 21 heavy (non-hydrogen) atoms. The summed E-state index contributed by atoms with van der Waals surface area (Å²) in [5, 5.41) is 11.4. The van der Waals surface area contributed by atoms with Crippen molar-refractivity contribution < 1.29 is 14.1 Å². The van der Waals surface area contributed by atoms with Crippen LogP contribution in [-0.2, 0) is 4.74 Å². The smallest absolute Gasteiger partial charge is 0.314 e. The molecule has 2 aliphatic heterocycles. The Morgan fingerprint density at radius 1 is 1.62 bits per heavy atom. The third kappa shape index (κ3) is 3.13. The second kappa shape index (κ2) is 6.09. The van der Waals surface area contributed by atoms with Crippen LogP contribution in [0.2, 0.25) is 0 Å². The number of nitrogens with zero attached hydrogens (tertiary/aromatic N) is 3. The predicted octanol–water partition coefficient (Wildman–Crippen LogP) is 1.65. The summed E-state index contributed by atoms with van der Waals surface area (Å²) in [7, 11) is 0. The van der Waals surface area contributed by atoms with Gasteiger partial charge in [-0.15, -0.1) is 0 Å². The highest BCUT2D eigenvalue weighted by Crippen LogP contribution is 2.20. The molecule has 2 aliphatic rings. The summed E-state index contributed by atoms with van der Waals surface area (Å²) in [4.78, 5) is 17.3. The molecule has 1 atom stereocenters. The van der Waals surface area contributed by atoms with Crippen molar-refractivity contribution in [3.05, 3.63) is 40.0 Å². The number of amidine groups is 1. The van der Waals surface area contributed by atoms with Crippen molar-refractivity contribution in [2.75, 3.05) is 32.8 Å². The fraction of sp³-hybridized carbons (Fsp3) is 0.500. The predicted molar refractivity (Wildman–Crippen MR) is 76.5 cm³/mol. The summed E-state index contributed by atoms with van der Waals surface area (Å²) >= 11 is 0. The molecule has 7 nitrogen and oxygen atoms in total. The summed E-state index contributed by atoms with van der Waals surface area (Å²) < 4.78 is 10.5. The lowest BCUT2D eigenvalue weighted by atomic mass is 10.1. The SMILES string of the molecule is O=[N+]([O-])C(=Cc1ccco1)C1=NCCN1CC1CCOC1. The van der Waals surface area contributed by atoms with Gasteiger partial charge in [0.2, 0.25) is 5.84 Å². The van der Waals surface area contributed by atoms with Crippen molar-refractivity contribution in [3.63, 3.8) is 0 Å². The first-order valence-electron chi connectivity index (χ1n) is 7.01. The van der Waals surface area contributed by atoms with Gasteiger partial charge in [0.05, 0.1) is 30.4 Å². The van der Waals surface area contributed by atoms with E-state index in [1.54, 1.807) is 12.1 Å². The van der Waals surface area contributed by atoms with Crippen LogP contribution in [0.3, 0.4) is 0 Å². The van der Waals surface area contributed by atoms with Crippen LogP contribution in [0.4, 0.5) is 0 Å². The van der Waals surface area contributed by atoms with Gasteiger partial charge >= 0.3 is 5.70 Å². The molecule has 0 radical (unpaired) electrons. The molecule has 0 N–H and O–H groups in total. The molecule has 112 valence electrons. The molecule has 0 aromatic carbocycles. The zero-order chi connectivity index (χ0) is 14.7. The van der Waals surface area contributed by atoms with E-state index in [1.807, 2.05) is 4.90 Å². The van der Waals surface area contributed by atoms with Gasteiger partial charge in [-0.05, 0) is 18.6 Å². The quantitative estimate of drug-likeness (QED) is 0.608. The minimum atomic E-state index is -0.398. The van der Waals surface area contributed by atoms with Gasteiger partial charge in [-0.25, -0.2) is 0 Å². The zero-order valence-electron chi connectivity index (χ0n) is 11.6. The van der Waals surface area contributed by atoms with E-state index < -0.39 is 4.92 Å². The molecule has 1 aromatic rings. The lowest BCUT2D eigenvalue weighted by Gasteiger charge is -2.21. The van der Waals surface area contributed by atoms with Crippen LogP contribution >= 0.6 is 0 Å². The largest absolute Gasteiger partial charge is 0.465 e. The molecule has 1 unspecified atom stereocenters. The molecule has 1 saturated heterocycles. The van der Waals surface area contributed by atoms with Gasteiger partial charge in [0, 0.05) is 25.6 Å². The normalized spacial score (nSPS) is 22.7. The maximum Gasteiger partial charge on any atom is 0.314 e. The Morgan fingerprint density at radius 3 is 3.19 bits per heavy atom. The van der Waals surface area contributed by atoms with E-state index in [0.717, 1.165) is 32.7 Å². The lowest BCUT2D eigenvalue weighted by molar-refractivity contribution is -0.414. The van der Waals surface area contributed by atoms with Gasteiger partial charge < -0.3 is 14.1 Å². The molecule has 1 aromatic heterocycles. The Hall–Kier alpha value is -2.15. The Labute approximate surface area is 122 Å². The average molecular weight is 291 g/mol. The number of furan rings is 1. The van der Waals surface area contributed by atoms with Crippen molar-refractivity contribution in [3.8, 4) is 0 Å². The van der Waals surface area contributed by atoms with Crippen molar-refractivity contribution in [2.24, 2.45) is 10.9 Å². The Balaban J connectivity index is 1.79. The van der Waals surface area contributed by atoms with Crippen LogP contribution in [-0.4, -0.2) is 48.5 Å². The molecule has 7 heteroatoms. The molecule has 0 aliphatic carbocycles. The molecule has 0 saturated carbocycles. The van der Waals surface area contributed by atoms with E-state index in [0.29, 0.717) is 24.1 Å². The van der Waals surface area contributed by atoms with E-state index in [2.05, 4.69) is 4.99 Å². The molecular formula is C14H17N3O4. The van der Waals surface area contributed by atoms with Crippen molar-refractivity contribution >= 4 is 11.9 Å². The number of hydrogen-bond acceptors (Lipinski definition) is 6. The summed E-state index contributed by atoms with van der Waals surface area (Å²) in [5.41, 5.74) is -0.0126. The van der Waals surface area contributed by atoms with Crippen LogP contribution in [0, 0.1) is 16.0 Å². The van der Waals surface area contributed by atoms with Crippen molar-refractivity contribution in [1.82, 2.24) is 4.90 Å². The monoisotopic (exact) mass is 291 g/mol. The molecule has 1 fully saturated rings. The summed E-state index contributed by atoms with van der Waals surface area (Å²) in [6, 6.07) is 3.39. The summed E-state index contributed by atoms with van der Waals surface area (Å²) in [6.07, 6.45) is 3.93. The topological polar surface area (TPSA) is 81.1 Å². The minimum Gasteiger partial charge on any atom is -0.465 e. The number of aliphatic imine (C=N–C) groups is 1. The zero-order valence-corrected chi connectivity index (χ0v) is 11.6. The lowest BCUT2D eigenvalue weighted by Crippen LogP contribution is -2.35. The van der Waals surface area contributed by atoms with Crippen LogP contribution in [0.5, 0.6) is 0 Å². The van der Waals surface area contributed by atoms with Gasteiger partial charge in [-0.1, -0.05) is 0 Å². The third-order valence-electron chi connectivity index (χ3n) is 3.68. The average Bonchev–Trinajstić information content (AvgIpc) is 3.19. The first kappa shape index (κ1) is 13.8. The van der Waals surface area contributed by atoms with E-state index in [4.69, 9.17) is 9.15 Å². The van der Waals surface area contributed by atoms with Crippen LogP contribution < -0.4 is 0 Å². The minimum absolute atomic E-state index is 0.0126. The molecule has 3 heterocycles. The van der Waals surface area contributed by atoms with E-state index in [1.165, 1.54) is 12.3 Å². The van der Waals surface area contributed by atoms with Gasteiger partial charge in [0.25, 0.3) is 0 Å². The number of nitro groups is 1. The van der Waals surface area contributed by atoms with Gasteiger partial charge in [0.15, 0.2) is 0 Å². The van der Waals surface area contributed by atoms with Crippen LogP contribution in [0.25, 0.3) is 6.08 Å². The molecule has 0 spiro atoms. The van der Waals surface area contributed by atoms with Gasteiger partial charge in [0.1, 0.15) is 5.76 Å². The van der Waals surface area contributed by atoms with Gasteiger partial charge in [-0.2, -0.15) is 0 Å². The van der Waals surface area contributed by atoms with Crippen molar-refractivity contribution in [1.29, 1.82) is 0 Å². The maximum atomic E-state index is 11.4. The highest BCUT2D eigenvalue weighted by atomic mass is 16.6. The maximum absolute atomic E-state index is 11.4. The van der Waals surface area contributed by atoms with Crippen LogP contribution in [0.15, 0.2) is 33.5 Å². The molecule has 0 bridgehead atoms. The summed E-state index contributed by atoms with van der Waals surface area (Å²) in [5.74, 6) is 1.33. The first-order valence-corrected chi connectivity index (χ1v) is 7.01. The molecule has 3 rings (SSSR count). The van der Waals surface area contributed by atoms with E-state index in [9.17, 15) is 10.1 Å². The van der Waals surface area contributed by atoms with E-state index >= 15 is 0 Å². The number of ether oxygens (including phenoxy) is 1.